The normalized spacial score (nSPS) is 10.6. The van der Waals surface area contributed by atoms with Crippen molar-refractivity contribution in [3.8, 4) is 0 Å². The third kappa shape index (κ3) is 5.71. The standard InChI is InChI=1S/C14H23NO2/c1-3-5-6-9-16-12-14-13(7-10-17-14)11-15-8-4-2/h3,7,10,15H,1,4-6,8-9,11-12H2,2H3. The van der Waals surface area contributed by atoms with Crippen molar-refractivity contribution in [3.05, 3.63) is 36.3 Å². The predicted octanol–water partition coefficient (Wildman–Crippen LogP) is 3.26. The molecule has 1 rings (SSSR count). The van der Waals surface area contributed by atoms with Gasteiger partial charge in [0.25, 0.3) is 0 Å². The van der Waals surface area contributed by atoms with Gasteiger partial charge in [-0.05, 0) is 31.9 Å². The quantitative estimate of drug-likeness (QED) is 0.501. The van der Waals surface area contributed by atoms with Gasteiger partial charge >= 0.3 is 0 Å². The van der Waals surface area contributed by atoms with E-state index in [2.05, 4.69) is 18.8 Å². The van der Waals surface area contributed by atoms with Gasteiger partial charge in [0.2, 0.25) is 0 Å². The van der Waals surface area contributed by atoms with Crippen LogP contribution in [-0.2, 0) is 17.9 Å². The topological polar surface area (TPSA) is 34.4 Å². The summed E-state index contributed by atoms with van der Waals surface area (Å²) in [5.41, 5.74) is 1.20. The Balaban J connectivity index is 2.22. The van der Waals surface area contributed by atoms with E-state index < -0.39 is 0 Å². The third-order valence-electron chi connectivity index (χ3n) is 2.51. The van der Waals surface area contributed by atoms with E-state index in [0.717, 1.165) is 44.7 Å². The Kier molecular flexibility index (Phi) is 7.43. The Hall–Kier alpha value is -1.06. The van der Waals surface area contributed by atoms with Crippen LogP contribution in [0.25, 0.3) is 0 Å². The molecule has 0 aromatic carbocycles. The predicted molar refractivity (Wildman–Crippen MR) is 69.8 cm³/mol. The van der Waals surface area contributed by atoms with E-state index in [4.69, 9.17) is 9.15 Å². The smallest absolute Gasteiger partial charge is 0.133 e. The van der Waals surface area contributed by atoms with E-state index in [1.165, 1.54) is 5.56 Å². The van der Waals surface area contributed by atoms with Gasteiger partial charge in [0.1, 0.15) is 12.4 Å². The Morgan fingerprint density at radius 2 is 2.41 bits per heavy atom. The van der Waals surface area contributed by atoms with Crippen LogP contribution in [0.2, 0.25) is 0 Å². The first-order valence-corrected chi connectivity index (χ1v) is 6.33. The van der Waals surface area contributed by atoms with Crippen LogP contribution in [0.15, 0.2) is 29.4 Å². The molecule has 0 amide bonds. The molecule has 0 radical (unpaired) electrons. The highest BCUT2D eigenvalue weighted by atomic mass is 16.5. The Labute approximate surface area is 104 Å². The van der Waals surface area contributed by atoms with E-state index in [1.807, 2.05) is 12.1 Å². The molecule has 1 N–H and O–H groups in total. The van der Waals surface area contributed by atoms with Gasteiger partial charge in [-0.15, -0.1) is 6.58 Å². The third-order valence-corrected chi connectivity index (χ3v) is 2.51. The summed E-state index contributed by atoms with van der Waals surface area (Å²) < 4.78 is 11.0. The second-order valence-corrected chi connectivity index (χ2v) is 4.03. The Morgan fingerprint density at radius 1 is 1.53 bits per heavy atom. The monoisotopic (exact) mass is 237 g/mol. The number of rotatable bonds is 10. The molecule has 0 aliphatic carbocycles. The minimum Gasteiger partial charge on any atom is -0.467 e. The van der Waals surface area contributed by atoms with Crippen molar-refractivity contribution >= 4 is 0 Å². The minimum absolute atomic E-state index is 0.563. The number of ether oxygens (including phenoxy) is 1. The lowest BCUT2D eigenvalue weighted by molar-refractivity contribution is 0.104. The molecule has 1 heterocycles. The van der Waals surface area contributed by atoms with Gasteiger partial charge in [0, 0.05) is 18.7 Å². The summed E-state index contributed by atoms with van der Waals surface area (Å²) in [6.07, 6.45) is 6.81. The van der Waals surface area contributed by atoms with Gasteiger partial charge < -0.3 is 14.5 Å². The van der Waals surface area contributed by atoms with Gasteiger partial charge in [0.05, 0.1) is 6.26 Å². The second kappa shape index (κ2) is 9.02. The SMILES string of the molecule is C=CCCCOCc1occc1CNCCC. The first kappa shape index (κ1) is 14.0. The lowest BCUT2D eigenvalue weighted by atomic mass is 10.2. The Morgan fingerprint density at radius 3 is 3.18 bits per heavy atom. The molecule has 3 heteroatoms. The average Bonchev–Trinajstić information content (AvgIpc) is 2.77. The van der Waals surface area contributed by atoms with Crippen LogP contribution in [0, 0.1) is 0 Å². The molecule has 0 fully saturated rings. The molecule has 1 aromatic heterocycles. The van der Waals surface area contributed by atoms with Crippen molar-refractivity contribution < 1.29 is 9.15 Å². The first-order valence-electron chi connectivity index (χ1n) is 6.33. The molecular weight excluding hydrogens is 214 g/mol. The maximum absolute atomic E-state index is 5.56. The molecule has 0 spiro atoms. The molecule has 17 heavy (non-hydrogen) atoms. The molecule has 0 atom stereocenters. The first-order chi connectivity index (χ1) is 8.38. The average molecular weight is 237 g/mol. The van der Waals surface area contributed by atoms with Crippen molar-refractivity contribution in [2.24, 2.45) is 0 Å². The van der Waals surface area contributed by atoms with E-state index in [-0.39, 0.29) is 0 Å². The fourth-order valence-electron chi connectivity index (χ4n) is 1.55. The van der Waals surface area contributed by atoms with Gasteiger partial charge in [-0.1, -0.05) is 13.0 Å². The van der Waals surface area contributed by atoms with Gasteiger partial charge in [-0.2, -0.15) is 0 Å². The van der Waals surface area contributed by atoms with Crippen molar-refractivity contribution in [1.82, 2.24) is 5.32 Å². The zero-order valence-electron chi connectivity index (χ0n) is 10.7. The van der Waals surface area contributed by atoms with E-state index in [0.29, 0.717) is 6.61 Å². The zero-order chi connectivity index (χ0) is 12.3. The van der Waals surface area contributed by atoms with E-state index in [9.17, 15) is 0 Å². The summed E-state index contributed by atoms with van der Waals surface area (Å²) in [7, 11) is 0. The molecule has 0 aliphatic rings. The van der Waals surface area contributed by atoms with Crippen LogP contribution in [0.4, 0.5) is 0 Å². The summed E-state index contributed by atoms with van der Waals surface area (Å²) >= 11 is 0. The lowest BCUT2D eigenvalue weighted by Gasteiger charge is -2.05. The Bertz CT molecular complexity index is 307. The van der Waals surface area contributed by atoms with Gasteiger partial charge in [-0.3, -0.25) is 0 Å². The molecule has 1 aromatic rings. The molecule has 0 bridgehead atoms. The molecular formula is C14H23NO2. The van der Waals surface area contributed by atoms with Crippen molar-refractivity contribution in [1.29, 1.82) is 0 Å². The molecule has 3 nitrogen and oxygen atoms in total. The highest BCUT2D eigenvalue weighted by Crippen LogP contribution is 2.12. The lowest BCUT2D eigenvalue weighted by Crippen LogP contribution is -2.14. The molecule has 0 unspecified atom stereocenters. The number of furan rings is 1. The molecule has 0 saturated carbocycles. The van der Waals surface area contributed by atoms with Crippen molar-refractivity contribution in [2.75, 3.05) is 13.2 Å². The highest BCUT2D eigenvalue weighted by Gasteiger charge is 2.05. The molecule has 0 saturated heterocycles. The highest BCUT2D eigenvalue weighted by molar-refractivity contribution is 5.16. The fourth-order valence-corrected chi connectivity index (χ4v) is 1.55. The summed E-state index contributed by atoms with van der Waals surface area (Å²) in [6.45, 7) is 9.05. The second-order valence-electron chi connectivity index (χ2n) is 4.03. The largest absolute Gasteiger partial charge is 0.467 e. The number of unbranched alkanes of at least 4 members (excludes halogenated alkanes) is 1. The number of hydrogen-bond acceptors (Lipinski definition) is 3. The van der Waals surface area contributed by atoms with Gasteiger partial charge in [-0.25, -0.2) is 0 Å². The number of allylic oxidation sites excluding steroid dienone is 1. The summed E-state index contributed by atoms with van der Waals surface area (Å²) in [4.78, 5) is 0. The van der Waals surface area contributed by atoms with Crippen LogP contribution >= 0.6 is 0 Å². The van der Waals surface area contributed by atoms with Crippen LogP contribution in [0.1, 0.15) is 37.5 Å². The van der Waals surface area contributed by atoms with Crippen molar-refractivity contribution in [3.63, 3.8) is 0 Å². The van der Waals surface area contributed by atoms with Crippen LogP contribution in [-0.4, -0.2) is 13.2 Å². The number of nitrogens with one attached hydrogen (secondary N) is 1. The van der Waals surface area contributed by atoms with E-state index >= 15 is 0 Å². The molecule has 0 aliphatic heterocycles. The fraction of sp³-hybridized carbons (Fsp3) is 0.571. The van der Waals surface area contributed by atoms with Crippen LogP contribution < -0.4 is 5.32 Å². The summed E-state index contributed by atoms with van der Waals surface area (Å²) in [6, 6.07) is 2.01. The molecule has 96 valence electrons. The maximum Gasteiger partial charge on any atom is 0.133 e. The maximum atomic E-state index is 5.56. The zero-order valence-corrected chi connectivity index (χ0v) is 10.7. The van der Waals surface area contributed by atoms with Crippen LogP contribution in [0.3, 0.4) is 0 Å². The minimum atomic E-state index is 0.563. The van der Waals surface area contributed by atoms with E-state index in [1.54, 1.807) is 6.26 Å². The number of hydrogen-bond donors (Lipinski definition) is 1. The summed E-state index contributed by atoms with van der Waals surface area (Å²) in [5, 5.41) is 3.36. The van der Waals surface area contributed by atoms with Crippen LogP contribution in [0.5, 0.6) is 0 Å². The summed E-state index contributed by atoms with van der Waals surface area (Å²) in [5.74, 6) is 0.937. The van der Waals surface area contributed by atoms with Gasteiger partial charge in [0.15, 0.2) is 0 Å². The van der Waals surface area contributed by atoms with Crippen molar-refractivity contribution in [2.45, 2.75) is 39.3 Å².